The van der Waals surface area contributed by atoms with Gasteiger partial charge in [0.2, 0.25) is 11.8 Å². The zero-order valence-electron chi connectivity index (χ0n) is 12.5. The second-order valence-electron chi connectivity index (χ2n) is 6.15. The summed E-state index contributed by atoms with van der Waals surface area (Å²) in [6.07, 6.45) is 4.94. The molecule has 1 N–H and O–H groups in total. The van der Waals surface area contributed by atoms with Crippen molar-refractivity contribution >= 4 is 11.8 Å². The van der Waals surface area contributed by atoms with Crippen LogP contribution in [-0.2, 0) is 9.59 Å². The predicted molar refractivity (Wildman–Crippen MR) is 76.0 cm³/mol. The molecule has 0 bridgehead atoms. The maximum Gasteiger partial charge on any atom is 0.225 e. The summed E-state index contributed by atoms with van der Waals surface area (Å²) in [5, 5.41) is 10.1. The first kappa shape index (κ1) is 15.3. The molecule has 2 amide bonds. The van der Waals surface area contributed by atoms with Crippen LogP contribution >= 0.6 is 0 Å². The van der Waals surface area contributed by atoms with E-state index in [1.165, 1.54) is 0 Å². The number of aliphatic hydroxyl groups is 1. The van der Waals surface area contributed by atoms with E-state index in [0.29, 0.717) is 13.1 Å². The van der Waals surface area contributed by atoms with Crippen LogP contribution in [-0.4, -0.2) is 59.0 Å². The van der Waals surface area contributed by atoms with E-state index in [4.69, 9.17) is 0 Å². The monoisotopic (exact) mass is 282 g/mol. The Morgan fingerprint density at radius 3 is 2.25 bits per heavy atom. The third kappa shape index (κ3) is 3.32. The Morgan fingerprint density at radius 2 is 1.70 bits per heavy atom. The summed E-state index contributed by atoms with van der Waals surface area (Å²) in [5.41, 5.74) is 0. The highest BCUT2D eigenvalue weighted by Gasteiger charge is 2.34. The highest BCUT2D eigenvalue weighted by molar-refractivity contribution is 5.80. The number of likely N-dealkylation sites (tertiary alicyclic amines) is 1. The van der Waals surface area contributed by atoms with Crippen molar-refractivity contribution in [1.29, 1.82) is 0 Å². The van der Waals surface area contributed by atoms with Crippen molar-refractivity contribution in [3.8, 4) is 0 Å². The Balaban J connectivity index is 1.89. The zero-order chi connectivity index (χ0) is 14.7. The molecule has 1 saturated heterocycles. The summed E-state index contributed by atoms with van der Waals surface area (Å²) < 4.78 is 0. The van der Waals surface area contributed by atoms with Gasteiger partial charge in [0.25, 0.3) is 0 Å². The molecule has 20 heavy (non-hydrogen) atoms. The Hall–Kier alpha value is -1.10. The molecule has 1 aliphatic carbocycles. The number of aliphatic hydroxyl groups excluding tert-OH is 1. The molecule has 2 aliphatic rings. The summed E-state index contributed by atoms with van der Waals surface area (Å²) >= 11 is 0. The quantitative estimate of drug-likeness (QED) is 0.822. The molecule has 114 valence electrons. The molecule has 1 saturated carbocycles. The van der Waals surface area contributed by atoms with E-state index >= 15 is 0 Å². The van der Waals surface area contributed by atoms with Crippen LogP contribution in [0.15, 0.2) is 0 Å². The van der Waals surface area contributed by atoms with Crippen LogP contribution in [0.2, 0.25) is 0 Å². The fraction of sp³-hybridized carbons (Fsp3) is 0.867. The van der Waals surface area contributed by atoms with Gasteiger partial charge in [0, 0.05) is 33.0 Å². The fourth-order valence-corrected chi connectivity index (χ4v) is 3.44. The third-order valence-electron chi connectivity index (χ3n) is 4.83. The van der Waals surface area contributed by atoms with E-state index in [0.717, 1.165) is 38.5 Å². The van der Waals surface area contributed by atoms with E-state index in [2.05, 4.69) is 0 Å². The van der Waals surface area contributed by atoms with E-state index in [1.54, 1.807) is 16.7 Å². The molecule has 1 aliphatic heterocycles. The van der Waals surface area contributed by atoms with E-state index in [9.17, 15) is 14.7 Å². The van der Waals surface area contributed by atoms with Gasteiger partial charge in [-0.2, -0.15) is 0 Å². The normalized spacial score (nSPS) is 28.2. The molecule has 2 atom stereocenters. The Kier molecular flexibility index (Phi) is 5.02. The van der Waals surface area contributed by atoms with Crippen molar-refractivity contribution in [3.05, 3.63) is 0 Å². The first-order valence-electron chi connectivity index (χ1n) is 7.71. The molecule has 0 aromatic rings. The smallest absolute Gasteiger partial charge is 0.225 e. The van der Waals surface area contributed by atoms with Crippen LogP contribution in [0.5, 0.6) is 0 Å². The number of amides is 2. The third-order valence-corrected chi connectivity index (χ3v) is 4.83. The van der Waals surface area contributed by atoms with Gasteiger partial charge in [-0.1, -0.05) is 12.8 Å². The standard InChI is InChI=1S/C15H26N2O3/c1-11(18)17-9-7-12(8-10-17)15(20)16(2)13-5-3-4-6-14(13)19/h12-14,19H,3-10H2,1-2H3. The molecule has 0 radical (unpaired) electrons. The lowest BCUT2D eigenvalue weighted by Gasteiger charge is -2.38. The van der Waals surface area contributed by atoms with Crippen molar-refractivity contribution < 1.29 is 14.7 Å². The molecule has 0 aromatic carbocycles. The van der Waals surface area contributed by atoms with Gasteiger partial charge in [-0.3, -0.25) is 9.59 Å². The van der Waals surface area contributed by atoms with Gasteiger partial charge < -0.3 is 14.9 Å². The Labute approximate surface area is 120 Å². The molecule has 0 aromatic heterocycles. The number of rotatable bonds is 2. The van der Waals surface area contributed by atoms with Gasteiger partial charge in [0.1, 0.15) is 0 Å². The lowest BCUT2D eigenvalue weighted by atomic mass is 9.89. The number of carbonyl (C=O) groups is 2. The SMILES string of the molecule is CC(=O)N1CCC(C(=O)N(C)C2CCCCC2O)CC1. The molecule has 0 spiro atoms. The molecular formula is C15H26N2O3. The summed E-state index contributed by atoms with van der Waals surface area (Å²) in [7, 11) is 1.82. The first-order chi connectivity index (χ1) is 9.50. The molecule has 2 fully saturated rings. The van der Waals surface area contributed by atoms with Gasteiger partial charge >= 0.3 is 0 Å². The van der Waals surface area contributed by atoms with Crippen molar-refractivity contribution in [3.63, 3.8) is 0 Å². The highest BCUT2D eigenvalue weighted by atomic mass is 16.3. The maximum atomic E-state index is 12.5. The molecule has 1 heterocycles. The molecule has 5 nitrogen and oxygen atoms in total. The van der Waals surface area contributed by atoms with Crippen molar-refractivity contribution in [2.24, 2.45) is 5.92 Å². The summed E-state index contributed by atoms with van der Waals surface area (Å²) in [5.74, 6) is 0.232. The molecule has 2 rings (SSSR count). The lowest BCUT2D eigenvalue weighted by molar-refractivity contribution is -0.143. The minimum atomic E-state index is -0.380. The van der Waals surface area contributed by atoms with Crippen LogP contribution in [0, 0.1) is 5.92 Å². The second kappa shape index (κ2) is 6.57. The Bertz CT molecular complexity index is 364. The van der Waals surface area contributed by atoms with Gasteiger partial charge in [0.05, 0.1) is 12.1 Å². The highest BCUT2D eigenvalue weighted by Crippen LogP contribution is 2.26. The van der Waals surface area contributed by atoms with Crippen molar-refractivity contribution in [2.45, 2.75) is 57.6 Å². The van der Waals surface area contributed by atoms with Crippen molar-refractivity contribution in [2.75, 3.05) is 20.1 Å². The summed E-state index contributed by atoms with van der Waals surface area (Å²) in [4.78, 5) is 27.4. The number of carbonyl (C=O) groups excluding carboxylic acids is 2. The average molecular weight is 282 g/mol. The molecule has 5 heteroatoms. The van der Waals surface area contributed by atoms with E-state index in [-0.39, 0.29) is 29.9 Å². The largest absolute Gasteiger partial charge is 0.391 e. The van der Waals surface area contributed by atoms with Crippen molar-refractivity contribution in [1.82, 2.24) is 9.80 Å². The maximum absolute atomic E-state index is 12.5. The number of hydrogen-bond donors (Lipinski definition) is 1. The number of likely N-dealkylation sites (N-methyl/N-ethyl adjacent to an activating group) is 1. The average Bonchev–Trinajstić information content (AvgIpc) is 2.46. The second-order valence-corrected chi connectivity index (χ2v) is 6.15. The Morgan fingerprint density at radius 1 is 1.10 bits per heavy atom. The van der Waals surface area contributed by atoms with E-state index in [1.807, 2.05) is 7.05 Å². The number of hydrogen-bond acceptors (Lipinski definition) is 3. The number of nitrogens with zero attached hydrogens (tertiary/aromatic N) is 2. The van der Waals surface area contributed by atoms with Gasteiger partial charge in [-0.15, -0.1) is 0 Å². The fourth-order valence-electron chi connectivity index (χ4n) is 3.44. The van der Waals surface area contributed by atoms with Gasteiger partial charge in [0.15, 0.2) is 0 Å². The lowest BCUT2D eigenvalue weighted by Crippen LogP contribution is -2.50. The van der Waals surface area contributed by atoms with Gasteiger partial charge in [-0.25, -0.2) is 0 Å². The van der Waals surface area contributed by atoms with Crippen LogP contribution in [0.1, 0.15) is 45.4 Å². The van der Waals surface area contributed by atoms with Crippen LogP contribution < -0.4 is 0 Å². The van der Waals surface area contributed by atoms with Crippen LogP contribution in [0.3, 0.4) is 0 Å². The summed E-state index contributed by atoms with van der Waals surface area (Å²) in [6, 6.07) is -0.0258. The zero-order valence-corrected chi connectivity index (χ0v) is 12.5. The molecule has 2 unspecified atom stereocenters. The topological polar surface area (TPSA) is 60.9 Å². The van der Waals surface area contributed by atoms with E-state index < -0.39 is 0 Å². The molecular weight excluding hydrogens is 256 g/mol. The summed E-state index contributed by atoms with van der Waals surface area (Å²) in [6.45, 7) is 2.92. The first-order valence-corrected chi connectivity index (χ1v) is 7.71. The van der Waals surface area contributed by atoms with Crippen LogP contribution in [0.4, 0.5) is 0 Å². The minimum Gasteiger partial charge on any atom is -0.391 e. The predicted octanol–water partition coefficient (Wildman–Crippen LogP) is 1.01. The minimum absolute atomic E-state index is 0.00438. The van der Waals surface area contributed by atoms with Crippen LogP contribution in [0.25, 0.3) is 0 Å². The van der Waals surface area contributed by atoms with Gasteiger partial charge in [-0.05, 0) is 25.7 Å². The number of piperidine rings is 1.